The lowest BCUT2D eigenvalue weighted by molar-refractivity contribution is -0.122. The molecular formula is C19H14ClN3O2S. The van der Waals surface area contributed by atoms with E-state index in [0.29, 0.717) is 10.7 Å². The first-order valence-electron chi connectivity index (χ1n) is 8.06. The van der Waals surface area contributed by atoms with Crippen molar-refractivity contribution < 1.29 is 9.59 Å². The van der Waals surface area contributed by atoms with Gasteiger partial charge in [-0.3, -0.25) is 19.8 Å². The zero-order valence-corrected chi connectivity index (χ0v) is 15.2. The van der Waals surface area contributed by atoms with Crippen LogP contribution in [0.4, 0.5) is 11.4 Å². The number of carbonyl (C=O) groups excluding carboxylic acids is 2. The third kappa shape index (κ3) is 2.87. The Balaban J connectivity index is 1.70. The van der Waals surface area contributed by atoms with Gasteiger partial charge in [-0.1, -0.05) is 29.8 Å². The number of carbonyl (C=O) groups is 2. The van der Waals surface area contributed by atoms with E-state index in [0.717, 1.165) is 18.7 Å². The molecule has 130 valence electrons. The Morgan fingerprint density at radius 3 is 2.58 bits per heavy atom. The highest BCUT2D eigenvalue weighted by atomic mass is 35.5. The molecule has 2 aromatic carbocycles. The highest BCUT2D eigenvalue weighted by Gasteiger charge is 2.35. The van der Waals surface area contributed by atoms with Crippen molar-refractivity contribution in [1.29, 1.82) is 0 Å². The molecule has 5 nitrogen and oxygen atoms in total. The van der Waals surface area contributed by atoms with Gasteiger partial charge in [0.15, 0.2) is 5.11 Å². The number of fused-ring (bicyclic) bond motifs is 1. The fourth-order valence-electron chi connectivity index (χ4n) is 3.12. The summed E-state index contributed by atoms with van der Waals surface area (Å²) in [6, 6.07) is 14.7. The molecule has 0 spiro atoms. The number of para-hydroxylation sites is 1. The predicted molar refractivity (Wildman–Crippen MR) is 105 cm³/mol. The van der Waals surface area contributed by atoms with Crippen LogP contribution in [0, 0.1) is 0 Å². The molecule has 0 aromatic heterocycles. The van der Waals surface area contributed by atoms with Crippen LogP contribution in [0.3, 0.4) is 0 Å². The van der Waals surface area contributed by atoms with Gasteiger partial charge in [-0.05, 0) is 54.5 Å². The monoisotopic (exact) mass is 383 g/mol. The Morgan fingerprint density at radius 1 is 1.08 bits per heavy atom. The van der Waals surface area contributed by atoms with E-state index in [4.69, 9.17) is 23.8 Å². The normalized spacial score (nSPS) is 18.3. The summed E-state index contributed by atoms with van der Waals surface area (Å²) >= 11 is 11.1. The molecule has 1 fully saturated rings. The molecule has 0 atom stereocenters. The maximum absolute atomic E-state index is 13.0. The maximum Gasteiger partial charge on any atom is 0.271 e. The van der Waals surface area contributed by atoms with E-state index < -0.39 is 11.8 Å². The van der Waals surface area contributed by atoms with E-state index in [2.05, 4.69) is 5.32 Å². The highest BCUT2D eigenvalue weighted by molar-refractivity contribution is 7.80. The molecule has 4 rings (SSSR count). The van der Waals surface area contributed by atoms with Gasteiger partial charge in [0.2, 0.25) is 0 Å². The Hall–Kier alpha value is -2.70. The minimum atomic E-state index is -0.491. The Labute approximate surface area is 160 Å². The van der Waals surface area contributed by atoms with Crippen molar-refractivity contribution in [3.8, 4) is 0 Å². The lowest BCUT2D eigenvalue weighted by Gasteiger charge is -2.29. The molecule has 0 bridgehead atoms. The number of hydrogen-bond acceptors (Lipinski definition) is 4. The molecule has 2 aliphatic rings. The largest absolute Gasteiger partial charge is 0.346 e. The second-order valence-corrected chi connectivity index (χ2v) is 6.81. The fraction of sp³-hybridized carbons (Fsp3) is 0.105. The number of benzene rings is 2. The third-order valence-corrected chi connectivity index (χ3v) is 4.93. The second-order valence-electron chi connectivity index (χ2n) is 5.99. The molecule has 0 radical (unpaired) electrons. The summed E-state index contributed by atoms with van der Waals surface area (Å²) in [6.07, 6.45) is 2.48. The molecule has 0 saturated carbocycles. The minimum Gasteiger partial charge on any atom is -0.346 e. The number of nitrogens with one attached hydrogen (secondary N) is 1. The van der Waals surface area contributed by atoms with Crippen LogP contribution in [0.1, 0.15) is 5.56 Å². The van der Waals surface area contributed by atoms with Crippen molar-refractivity contribution in [2.24, 2.45) is 0 Å². The predicted octanol–water partition coefficient (Wildman–Crippen LogP) is 3.03. The number of thiocarbonyl (C=S) groups is 1. The molecule has 2 amide bonds. The van der Waals surface area contributed by atoms with Gasteiger partial charge in [-0.15, -0.1) is 0 Å². The molecule has 1 N–H and O–H groups in total. The zero-order chi connectivity index (χ0) is 18.3. The van der Waals surface area contributed by atoms with Crippen molar-refractivity contribution in [2.45, 2.75) is 6.42 Å². The van der Waals surface area contributed by atoms with Crippen LogP contribution in [0.25, 0.3) is 0 Å². The molecular weight excluding hydrogens is 370 g/mol. The topological polar surface area (TPSA) is 52.7 Å². The first-order chi connectivity index (χ1) is 12.5. The van der Waals surface area contributed by atoms with Crippen LogP contribution in [0.2, 0.25) is 5.02 Å². The van der Waals surface area contributed by atoms with E-state index in [9.17, 15) is 9.59 Å². The second kappa shape index (κ2) is 6.55. The summed E-state index contributed by atoms with van der Waals surface area (Å²) in [7, 11) is 0. The van der Waals surface area contributed by atoms with E-state index in [1.165, 1.54) is 10.5 Å². The Kier molecular flexibility index (Phi) is 4.22. The summed E-state index contributed by atoms with van der Waals surface area (Å²) in [5, 5.41) is 3.20. The lowest BCUT2D eigenvalue weighted by Crippen LogP contribution is -2.54. The van der Waals surface area contributed by atoms with Crippen LogP contribution in [-0.4, -0.2) is 23.5 Å². The van der Waals surface area contributed by atoms with Crippen LogP contribution < -0.4 is 15.1 Å². The molecule has 2 aliphatic heterocycles. The van der Waals surface area contributed by atoms with Crippen molar-refractivity contribution in [3.63, 3.8) is 0 Å². The molecule has 7 heteroatoms. The SMILES string of the molecule is O=C1NC(=S)N(c2ccc(Cl)cc2)C(=O)C1=CN1CCc2ccccc21. The number of halogens is 1. The molecule has 2 aromatic rings. The molecule has 2 heterocycles. The van der Waals surface area contributed by atoms with Gasteiger partial charge < -0.3 is 4.90 Å². The average Bonchev–Trinajstić information content (AvgIpc) is 3.03. The fourth-order valence-corrected chi connectivity index (χ4v) is 3.53. The van der Waals surface area contributed by atoms with Crippen molar-refractivity contribution in [2.75, 3.05) is 16.3 Å². The first kappa shape index (κ1) is 16.8. The van der Waals surface area contributed by atoms with Crippen LogP contribution in [-0.2, 0) is 16.0 Å². The van der Waals surface area contributed by atoms with Gasteiger partial charge >= 0.3 is 0 Å². The van der Waals surface area contributed by atoms with E-state index in [1.807, 2.05) is 29.2 Å². The van der Waals surface area contributed by atoms with Crippen molar-refractivity contribution in [3.05, 3.63) is 70.9 Å². The quantitative estimate of drug-likeness (QED) is 0.492. The maximum atomic E-state index is 13.0. The Morgan fingerprint density at radius 2 is 1.81 bits per heavy atom. The summed E-state index contributed by atoms with van der Waals surface area (Å²) in [6.45, 7) is 0.717. The summed E-state index contributed by atoms with van der Waals surface area (Å²) in [5.41, 5.74) is 2.80. The number of anilines is 2. The van der Waals surface area contributed by atoms with Crippen LogP contribution >= 0.6 is 23.8 Å². The third-order valence-electron chi connectivity index (χ3n) is 4.39. The summed E-state index contributed by atoms with van der Waals surface area (Å²) < 4.78 is 0. The van der Waals surface area contributed by atoms with E-state index >= 15 is 0 Å². The number of amides is 2. The first-order valence-corrected chi connectivity index (χ1v) is 8.85. The summed E-state index contributed by atoms with van der Waals surface area (Å²) in [4.78, 5) is 28.6. The molecule has 26 heavy (non-hydrogen) atoms. The Bertz CT molecular complexity index is 956. The lowest BCUT2D eigenvalue weighted by atomic mass is 10.1. The number of rotatable bonds is 2. The zero-order valence-electron chi connectivity index (χ0n) is 13.6. The average molecular weight is 384 g/mol. The van der Waals surface area contributed by atoms with Gasteiger partial charge in [-0.25, -0.2) is 0 Å². The van der Waals surface area contributed by atoms with E-state index in [-0.39, 0.29) is 10.7 Å². The minimum absolute atomic E-state index is 0.0465. The van der Waals surface area contributed by atoms with Crippen molar-refractivity contribution >= 4 is 52.1 Å². The van der Waals surface area contributed by atoms with Gasteiger partial charge in [0.05, 0.1) is 5.69 Å². The van der Waals surface area contributed by atoms with Gasteiger partial charge in [-0.2, -0.15) is 0 Å². The smallest absolute Gasteiger partial charge is 0.271 e. The molecule has 0 unspecified atom stereocenters. The van der Waals surface area contributed by atoms with Gasteiger partial charge in [0.1, 0.15) is 5.57 Å². The molecule has 0 aliphatic carbocycles. The summed E-state index contributed by atoms with van der Waals surface area (Å²) in [5.74, 6) is -0.944. The van der Waals surface area contributed by atoms with Gasteiger partial charge in [0.25, 0.3) is 11.8 Å². The molecule has 1 saturated heterocycles. The van der Waals surface area contributed by atoms with Crippen LogP contribution in [0.15, 0.2) is 60.3 Å². The standard InChI is InChI=1S/C19H14ClN3O2S/c20-13-5-7-14(8-6-13)23-18(25)15(17(24)21-19(23)26)11-22-10-9-12-3-1-2-4-16(12)22/h1-8,11H,9-10H2,(H,21,24,26). The van der Waals surface area contributed by atoms with E-state index in [1.54, 1.807) is 30.5 Å². The highest BCUT2D eigenvalue weighted by Crippen LogP contribution is 2.29. The van der Waals surface area contributed by atoms with Crippen molar-refractivity contribution in [1.82, 2.24) is 5.32 Å². The number of hydrogen-bond donors (Lipinski definition) is 1. The van der Waals surface area contributed by atoms with Crippen LogP contribution in [0.5, 0.6) is 0 Å². The van der Waals surface area contributed by atoms with Gasteiger partial charge in [0, 0.05) is 23.5 Å². The number of nitrogens with zero attached hydrogens (tertiary/aromatic N) is 2.